The number of nitrogens with zero attached hydrogens (tertiary/aromatic N) is 3. The molecule has 0 saturated carbocycles. The molecule has 0 radical (unpaired) electrons. The van der Waals surface area contributed by atoms with Gasteiger partial charge in [-0.25, -0.2) is 0 Å². The van der Waals surface area contributed by atoms with E-state index in [0.717, 1.165) is 28.8 Å². The quantitative estimate of drug-likeness (QED) is 0.524. The van der Waals surface area contributed by atoms with Gasteiger partial charge in [-0.15, -0.1) is 0 Å². The number of halogens is 1. The lowest BCUT2D eigenvalue weighted by Gasteiger charge is -2.15. The Morgan fingerprint density at radius 2 is 2.15 bits per heavy atom. The lowest BCUT2D eigenvalue weighted by Crippen LogP contribution is -2.24. The second-order valence-electron chi connectivity index (χ2n) is 6.83. The monoisotopic (exact) mass is 425 g/mol. The zero-order valence-electron chi connectivity index (χ0n) is 15.8. The van der Waals surface area contributed by atoms with Crippen LogP contribution in [0.2, 0.25) is 0 Å². The van der Waals surface area contributed by atoms with Gasteiger partial charge in [-0.05, 0) is 55.9 Å². The lowest BCUT2D eigenvalue weighted by atomic mass is 10.1. The Morgan fingerprint density at radius 1 is 1.33 bits per heavy atom. The highest BCUT2D eigenvalue weighted by Crippen LogP contribution is 2.31. The van der Waals surface area contributed by atoms with Gasteiger partial charge in [0, 0.05) is 52.5 Å². The van der Waals surface area contributed by atoms with E-state index in [0.29, 0.717) is 13.1 Å². The van der Waals surface area contributed by atoms with Gasteiger partial charge in [-0.2, -0.15) is 0 Å². The Kier molecular flexibility index (Phi) is 6.24. The van der Waals surface area contributed by atoms with Crippen molar-refractivity contribution in [2.75, 3.05) is 13.6 Å². The molecule has 0 N–H and O–H groups in total. The number of carbonyl (C=O) groups excluding carboxylic acids is 1. The first kappa shape index (κ1) is 19.5. The van der Waals surface area contributed by atoms with Crippen molar-refractivity contribution < 1.29 is 4.79 Å². The summed E-state index contributed by atoms with van der Waals surface area (Å²) in [5.74, 6) is 0.165. The Bertz CT molecular complexity index is 963. The second-order valence-corrected chi connectivity index (χ2v) is 7.74. The molecule has 0 bridgehead atoms. The Hall–Kier alpha value is -2.24. The number of hydrogen-bond donors (Lipinski definition) is 0. The molecule has 0 spiro atoms. The van der Waals surface area contributed by atoms with E-state index in [1.807, 2.05) is 36.4 Å². The lowest BCUT2D eigenvalue weighted by molar-refractivity contribution is -0.117. The van der Waals surface area contributed by atoms with Crippen LogP contribution in [0.15, 0.2) is 53.6 Å². The number of fused-ring (bicyclic) bond motifs is 1. The molecule has 0 amide bonds. The van der Waals surface area contributed by atoms with Crippen LogP contribution in [0, 0.1) is 0 Å². The van der Waals surface area contributed by atoms with E-state index in [1.165, 1.54) is 16.5 Å². The van der Waals surface area contributed by atoms with Crippen molar-refractivity contribution in [1.29, 1.82) is 0 Å². The van der Waals surface area contributed by atoms with Crippen molar-refractivity contribution in [2.45, 2.75) is 26.4 Å². The molecule has 0 saturated heterocycles. The highest BCUT2D eigenvalue weighted by atomic mass is 79.9. The topological polar surface area (TPSA) is 38.1 Å². The van der Waals surface area contributed by atoms with Crippen LogP contribution in [-0.4, -0.2) is 33.8 Å². The van der Waals surface area contributed by atoms with E-state index in [9.17, 15) is 4.79 Å². The number of aryl methyl sites for hydroxylation is 2. The van der Waals surface area contributed by atoms with Crippen LogP contribution < -0.4 is 0 Å². The number of aromatic nitrogens is 2. The van der Waals surface area contributed by atoms with Gasteiger partial charge in [-0.1, -0.05) is 28.6 Å². The number of pyridine rings is 1. The molecule has 2 heterocycles. The van der Waals surface area contributed by atoms with Gasteiger partial charge in [-0.3, -0.25) is 14.7 Å². The maximum Gasteiger partial charge on any atom is 0.143 e. The van der Waals surface area contributed by atoms with Crippen LogP contribution >= 0.6 is 15.9 Å². The average Bonchev–Trinajstić information content (AvgIpc) is 2.92. The van der Waals surface area contributed by atoms with Crippen LogP contribution in [0.1, 0.15) is 23.9 Å². The standard InChI is InChI=1S/C22H24BrN3O/c1-4-21-20(15-25(3)14-16(2)27)19-13-17(23)8-9-22(19)26(21)12-10-18-7-5-6-11-24-18/h4-9,11,13H,1,10,12,14-15H2,2-3H3. The molecular formula is C22H24BrN3O. The van der Waals surface area contributed by atoms with E-state index in [2.05, 4.69) is 56.3 Å². The first-order valence-electron chi connectivity index (χ1n) is 9.00. The minimum absolute atomic E-state index is 0.165. The molecular weight excluding hydrogens is 402 g/mol. The summed E-state index contributed by atoms with van der Waals surface area (Å²) in [5.41, 5.74) is 4.55. The van der Waals surface area contributed by atoms with Gasteiger partial charge in [0.05, 0.1) is 6.54 Å². The van der Waals surface area contributed by atoms with E-state index in [4.69, 9.17) is 0 Å². The van der Waals surface area contributed by atoms with Crippen LogP contribution in [0.5, 0.6) is 0 Å². The van der Waals surface area contributed by atoms with Crippen molar-refractivity contribution in [3.63, 3.8) is 0 Å². The molecule has 0 aliphatic heterocycles. The van der Waals surface area contributed by atoms with E-state index in [-0.39, 0.29) is 5.78 Å². The molecule has 3 rings (SSSR count). The van der Waals surface area contributed by atoms with Crippen LogP contribution in [0.4, 0.5) is 0 Å². The Labute approximate surface area is 168 Å². The third-order valence-corrected chi connectivity index (χ3v) is 5.10. The van der Waals surface area contributed by atoms with Crippen molar-refractivity contribution in [1.82, 2.24) is 14.5 Å². The van der Waals surface area contributed by atoms with Crippen molar-refractivity contribution in [2.24, 2.45) is 0 Å². The van der Waals surface area contributed by atoms with Crippen molar-refractivity contribution >= 4 is 38.7 Å². The summed E-state index contributed by atoms with van der Waals surface area (Å²) in [5, 5.41) is 1.19. The number of benzene rings is 1. The normalized spacial score (nSPS) is 11.3. The largest absolute Gasteiger partial charge is 0.340 e. The molecule has 4 nitrogen and oxygen atoms in total. The number of ketones is 1. The third-order valence-electron chi connectivity index (χ3n) is 4.61. The summed E-state index contributed by atoms with van der Waals surface area (Å²) >= 11 is 3.59. The predicted molar refractivity (Wildman–Crippen MR) is 115 cm³/mol. The van der Waals surface area contributed by atoms with Crippen LogP contribution in [-0.2, 0) is 24.3 Å². The minimum atomic E-state index is 0.165. The molecule has 2 aromatic heterocycles. The van der Waals surface area contributed by atoms with Gasteiger partial charge >= 0.3 is 0 Å². The number of Topliss-reactive ketones (excluding diaryl/α,β-unsaturated/α-hetero) is 1. The fraction of sp³-hybridized carbons (Fsp3) is 0.273. The zero-order valence-corrected chi connectivity index (χ0v) is 17.4. The Morgan fingerprint density at radius 3 is 2.81 bits per heavy atom. The number of carbonyl (C=O) groups is 1. The summed E-state index contributed by atoms with van der Waals surface area (Å²) in [4.78, 5) is 18.0. The zero-order chi connectivity index (χ0) is 19.4. The number of likely N-dealkylation sites (N-methyl/N-ethyl adjacent to an activating group) is 1. The molecule has 0 atom stereocenters. The van der Waals surface area contributed by atoms with Gasteiger partial charge in [0.15, 0.2) is 0 Å². The summed E-state index contributed by atoms with van der Waals surface area (Å²) in [7, 11) is 1.98. The maximum atomic E-state index is 11.5. The first-order chi connectivity index (χ1) is 13.0. The molecule has 140 valence electrons. The van der Waals surface area contributed by atoms with Crippen molar-refractivity contribution in [3.05, 3.63) is 70.6 Å². The molecule has 5 heteroatoms. The maximum absolute atomic E-state index is 11.5. The fourth-order valence-corrected chi connectivity index (χ4v) is 3.90. The van der Waals surface area contributed by atoms with E-state index in [1.54, 1.807) is 6.92 Å². The SMILES string of the molecule is C=Cc1c(CN(C)CC(C)=O)c2cc(Br)ccc2n1CCc1ccccn1. The Balaban J connectivity index is 2.01. The van der Waals surface area contributed by atoms with E-state index < -0.39 is 0 Å². The molecule has 3 aromatic rings. The molecule has 0 aliphatic carbocycles. The van der Waals surface area contributed by atoms with Crippen molar-refractivity contribution in [3.8, 4) is 0 Å². The smallest absolute Gasteiger partial charge is 0.143 e. The van der Waals surface area contributed by atoms with Crippen LogP contribution in [0.25, 0.3) is 17.0 Å². The predicted octanol–water partition coefficient (Wildman–Crippen LogP) is 4.71. The summed E-state index contributed by atoms with van der Waals surface area (Å²) in [6.45, 7) is 7.64. The average molecular weight is 426 g/mol. The first-order valence-corrected chi connectivity index (χ1v) is 9.80. The number of rotatable bonds is 8. The van der Waals surface area contributed by atoms with Crippen LogP contribution in [0.3, 0.4) is 0 Å². The minimum Gasteiger partial charge on any atom is -0.340 e. The summed E-state index contributed by atoms with van der Waals surface area (Å²) < 4.78 is 3.35. The molecule has 27 heavy (non-hydrogen) atoms. The highest BCUT2D eigenvalue weighted by Gasteiger charge is 2.17. The van der Waals surface area contributed by atoms with Gasteiger partial charge in [0.2, 0.25) is 0 Å². The second kappa shape index (κ2) is 8.63. The number of hydrogen-bond acceptors (Lipinski definition) is 3. The van der Waals surface area contributed by atoms with Gasteiger partial charge < -0.3 is 4.57 Å². The molecule has 0 fully saturated rings. The van der Waals surface area contributed by atoms with Gasteiger partial charge in [0.1, 0.15) is 5.78 Å². The van der Waals surface area contributed by atoms with Gasteiger partial charge in [0.25, 0.3) is 0 Å². The highest BCUT2D eigenvalue weighted by molar-refractivity contribution is 9.10. The molecule has 0 aliphatic rings. The summed E-state index contributed by atoms with van der Waals surface area (Å²) in [6, 6.07) is 12.4. The summed E-state index contributed by atoms with van der Waals surface area (Å²) in [6.07, 6.45) is 4.60. The van der Waals surface area contributed by atoms with E-state index >= 15 is 0 Å². The third kappa shape index (κ3) is 4.54. The fourth-order valence-electron chi connectivity index (χ4n) is 3.53. The molecule has 0 unspecified atom stereocenters. The molecule has 1 aromatic carbocycles.